The quantitative estimate of drug-likeness (QED) is 0.336. The lowest BCUT2D eigenvalue weighted by Crippen LogP contribution is -2.10. The Hall–Kier alpha value is -2.16. The van der Waals surface area contributed by atoms with Crippen molar-refractivity contribution < 1.29 is 5.11 Å². The molecule has 1 N–H and O–H groups in total. The Kier molecular flexibility index (Phi) is 5.28. The number of rotatable bonds is 3. The van der Waals surface area contributed by atoms with E-state index in [4.69, 9.17) is 0 Å². The average Bonchev–Trinajstić information content (AvgIpc) is 3.00. The third kappa shape index (κ3) is 3.79. The molecule has 30 heavy (non-hydrogen) atoms. The third-order valence-electron chi connectivity index (χ3n) is 5.98. The number of aliphatic hydroxyl groups is 1. The number of hydrogen-bond acceptors (Lipinski definition) is 1. The molecule has 4 rings (SSSR count). The predicted octanol–water partition coefficient (Wildman–Crippen LogP) is 7.86. The molecule has 156 valence electrons. The molecule has 4 aromatic rings. The Labute approximate surface area is 183 Å². The molecule has 1 heterocycles. The van der Waals surface area contributed by atoms with Crippen LogP contribution in [-0.4, -0.2) is 11.7 Å². The molecule has 0 aliphatic heterocycles. The van der Waals surface area contributed by atoms with Crippen LogP contribution >= 0.6 is 10.5 Å². The van der Waals surface area contributed by atoms with E-state index >= 15 is 0 Å². The fourth-order valence-corrected chi connectivity index (χ4v) is 6.40. The van der Waals surface area contributed by atoms with Gasteiger partial charge in [0.25, 0.3) is 0 Å². The molecule has 0 fully saturated rings. The van der Waals surface area contributed by atoms with Crippen LogP contribution < -0.4 is 0 Å². The maximum atomic E-state index is 9.25. The molecule has 0 atom stereocenters. The van der Waals surface area contributed by atoms with E-state index in [0.717, 1.165) is 0 Å². The van der Waals surface area contributed by atoms with Gasteiger partial charge in [-0.15, -0.1) is 0 Å². The molecule has 0 radical (unpaired) electrons. The first kappa shape index (κ1) is 21.1. The van der Waals surface area contributed by atoms with Gasteiger partial charge in [0.2, 0.25) is 0 Å². The van der Waals surface area contributed by atoms with Crippen LogP contribution in [0.25, 0.3) is 25.1 Å². The molecule has 0 bridgehead atoms. The highest BCUT2D eigenvalue weighted by atomic mass is 32.2. The molecule has 0 saturated heterocycles. The average molecular weight is 418 g/mol. The molecule has 0 aliphatic carbocycles. The summed E-state index contributed by atoms with van der Waals surface area (Å²) in [7, 11) is -0.0854. The van der Waals surface area contributed by atoms with Crippen molar-refractivity contribution in [2.75, 3.05) is 6.61 Å². The van der Waals surface area contributed by atoms with Gasteiger partial charge in [0.1, 0.15) is 0 Å². The van der Waals surface area contributed by atoms with E-state index in [-0.39, 0.29) is 27.9 Å². The third-order valence-corrected chi connectivity index (χ3v) is 8.32. The zero-order valence-electron chi connectivity index (χ0n) is 19.0. The van der Waals surface area contributed by atoms with E-state index in [1.54, 1.807) is 0 Å². The molecule has 0 spiro atoms. The molecule has 0 amide bonds. The summed E-state index contributed by atoms with van der Waals surface area (Å²) >= 11 is 0. The Bertz CT molecular complexity index is 1130. The summed E-state index contributed by atoms with van der Waals surface area (Å²) in [6, 6.07) is 23.0. The lowest BCUT2D eigenvalue weighted by Gasteiger charge is -2.19. The lowest BCUT2D eigenvalue weighted by atomic mass is 9.85. The highest BCUT2D eigenvalue weighted by Crippen LogP contribution is 2.49. The Morgan fingerprint density at radius 3 is 1.53 bits per heavy atom. The van der Waals surface area contributed by atoms with Crippen molar-refractivity contribution in [1.82, 2.24) is 0 Å². The number of benzene rings is 3. The van der Waals surface area contributed by atoms with Crippen molar-refractivity contribution in [1.29, 1.82) is 0 Å². The molecule has 1 aromatic heterocycles. The molecule has 1 nitrogen and oxygen atoms in total. The summed E-state index contributed by atoms with van der Waals surface area (Å²) in [5.41, 5.74) is 4.22. The molecular weight excluding hydrogens is 384 g/mol. The second kappa shape index (κ2) is 7.51. The van der Waals surface area contributed by atoms with Crippen LogP contribution in [0.1, 0.15) is 58.2 Å². The second-order valence-corrected chi connectivity index (χ2v) is 12.3. The number of thiophene rings is 1. The van der Waals surface area contributed by atoms with E-state index in [9.17, 15) is 5.11 Å². The van der Waals surface area contributed by atoms with E-state index in [1.165, 1.54) is 41.8 Å². The molecule has 0 saturated carbocycles. The van der Waals surface area contributed by atoms with E-state index < -0.39 is 0 Å². The summed E-state index contributed by atoms with van der Waals surface area (Å²) in [4.78, 5) is 1.35. The van der Waals surface area contributed by atoms with Crippen LogP contribution in [0.5, 0.6) is 0 Å². The van der Waals surface area contributed by atoms with Gasteiger partial charge in [-0.1, -0.05) is 65.8 Å². The van der Waals surface area contributed by atoms with Crippen LogP contribution in [0.3, 0.4) is 0 Å². The van der Waals surface area contributed by atoms with Gasteiger partial charge in [-0.25, -0.2) is 0 Å². The first-order valence-corrected chi connectivity index (χ1v) is 12.1. The zero-order chi connectivity index (χ0) is 21.7. The van der Waals surface area contributed by atoms with Crippen LogP contribution in [-0.2, 0) is 17.3 Å². The van der Waals surface area contributed by atoms with Crippen LogP contribution in [0, 0.1) is 0 Å². The van der Waals surface area contributed by atoms with Crippen molar-refractivity contribution in [2.24, 2.45) is 0 Å². The highest BCUT2D eigenvalue weighted by Gasteiger charge is 2.27. The van der Waals surface area contributed by atoms with Crippen molar-refractivity contribution in [3.8, 4) is 4.90 Å². The lowest BCUT2D eigenvalue weighted by molar-refractivity contribution is 0.299. The molecule has 3 aromatic carbocycles. The van der Waals surface area contributed by atoms with Gasteiger partial charge in [0, 0.05) is 27.8 Å². The normalized spacial score (nSPS) is 12.8. The maximum absolute atomic E-state index is 9.25. The number of fused-ring (bicyclic) bond motifs is 3. The second-order valence-electron chi connectivity index (χ2n) is 10.3. The minimum atomic E-state index is -0.0854. The Balaban J connectivity index is 2.03. The van der Waals surface area contributed by atoms with Crippen molar-refractivity contribution in [3.63, 3.8) is 0 Å². The van der Waals surface area contributed by atoms with E-state index in [1.807, 2.05) is 0 Å². The zero-order valence-corrected chi connectivity index (χ0v) is 19.9. The standard InChI is InChI=1S/C28H33OS/c1-27(2,3)20-9-13-25-23(17-20)24-18-21(28(4,5)6)10-14-26(24)30(25)22-11-7-19(8-12-22)15-16-29/h7-14,17-18,29H,15-16H2,1-6H3/q+1. The summed E-state index contributed by atoms with van der Waals surface area (Å²) in [5.74, 6) is 0. The Morgan fingerprint density at radius 1 is 0.667 bits per heavy atom. The fourth-order valence-electron chi connectivity index (χ4n) is 4.06. The summed E-state index contributed by atoms with van der Waals surface area (Å²) in [6.07, 6.45) is 0.713. The summed E-state index contributed by atoms with van der Waals surface area (Å²) in [5, 5.41) is 12.0. The molecule has 2 heteroatoms. The van der Waals surface area contributed by atoms with Gasteiger partial charge in [0.15, 0.2) is 14.3 Å². The van der Waals surface area contributed by atoms with Crippen LogP contribution in [0.15, 0.2) is 60.7 Å². The van der Waals surface area contributed by atoms with Gasteiger partial charge in [-0.2, -0.15) is 0 Å². The van der Waals surface area contributed by atoms with Crippen LogP contribution in [0.4, 0.5) is 0 Å². The number of aliphatic hydroxyl groups excluding tert-OH is 1. The van der Waals surface area contributed by atoms with Crippen molar-refractivity contribution >= 4 is 30.6 Å². The van der Waals surface area contributed by atoms with Gasteiger partial charge < -0.3 is 5.11 Å². The smallest absolute Gasteiger partial charge is 0.187 e. The van der Waals surface area contributed by atoms with Crippen molar-refractivity contribution in [3.05, 3.63) is 77.4 Å². The first-order valence-electron chi connectivity index (χ1n) is 10.8. The van der Waals surface area contributed by atoms with Gasteiger partial charge in [0.05, 0.1) is 0 Å². The van der Waals surface area contributed by atoms with Crippen molar-refractivity contribution in [2.45, 2.75) is 58.8 Å². The van der Waals surface area contributed by atoms with E-state index in [0.29, 0.717) is 6.42 Å². The van der Waals surface area contributed by atoms with Gasteiger partial charge in [-0.3, -0.25) is 0 Å². The SMILES string of the molecule is CC(C)(C)c1ccc2c(c1)c1cc(C(C)(C)C)ccc1[s+]2-c1ccc(CCO)cc1. The fraction of sp³-hybridized carbons (Fsp3) is 0.357. The topological polar surface area (TPSA) is 20.2 Å². The van der Waals surface area contributed by atoms with Crippen LogP contribution in [0.2, 0.25) is 0 Å². The largest absolute Gasteiger partial charge is 0.396 e. The first-order chi connectivity index (χ1) is 14.1. The van der Waals surface area contributed by atoms with Gasteiger partial charge in [-0.05, 0) is 70.3 Å². The highest BCUT2D eigenvalue weighted by molar-refractivity contribution is 7.50. The minimum absolute atomic E-state index is 0.0854. The maximum Gasteiger partial charge on any atom is 0.187 e. The minimum Gasteiger partial charge on any atom is -0.396 e. The molecule has 0 aliphatic rings. The molecule has 0 unspecified atom stereocenters. The van der Waals surface area contributed by atoms with E-state index in [2.05, 4.69) is 102 Å². The summed E-state index contributed by atoms with van der Waals surface area (Å²) in [6.45, 7) is 13.9. The Morgan fingerprint density at radius 2 is 1.13 bits per heavy atom. The monoisotopic (exact) mass is 417 g/mol. The molecular formula is C28H33OS+. The van der Waals surface area contributed by atoms with Gasteiger partial charge >= 0.3 is 0 Å². The predicted molar refractivity (Wildman–Crippen MR) is 133 cm³/mol. The summed E-state index contributed by atoms with van der Waals surface area (Å²) < 4.78 is 2.86. The number of hydrogen-bond donors (Lipinski definition) is 1.